The van der Waals surface area contributed by atoms with Crippen molar-refractivity contribution in [2.45, 2.75) is 19.2 Å². The molecule has 0 aliphatic carbocycles. The van der Waals surface area contributed by atoms with Crippen molar-refractivity contribution in [2.24, 2.45) is 0 Å². The maximum Gasteiger partial charge on any atom is 0.419 e. The van der Waals surface area contributed by atoms with Crippen LogP contribution in [0.25, 0.3) is 0 Å². The zero-order chi connectivity index (χ0) is 10.1. The molecule has 0 spiro atoms. The van der Waals surface area contributed by atoms with Crippen molar-refractivity contribution in [3.8, 4) is 0 Å². The minimum absolute atomic E-state index is 0.0903. The Morgan fingerprint density at radius 3 is 2.46 bits per heavy atom. The number of hydrogen-bond acceptors (Lipinski definition) is 3. The Bertz CT molecular complexity index is 284. The predicted molar refractivity (Wildman–Crippen MR) is 42.7 cm³/mol. The maximum absolute atomic E-state index is 12.3. The lowest BCUT2D eigenvalue weighted by Gasteiger charge is -2.16. The number of aryl methyl sites for hydroxylation is 1. The third-order valence-electron chi connectivity index (χ3n) is 1.43. The minimum atomic E-state index is -4.37. The molecule has 1 atom stereocenters. The molecule has 1 heterocycles. The highest BCUT2D eigenvalue weighted by atomic mass is 32.1. The summed E-state index contributed by atoms with van der Waals surface area (Å²) in [7, 11) is 1.03. The zero-order valence-electron chi connectivity index (χ0n) is 7.05. The lowest BCUT2D eigenvalue weighted by molar-refractivity contribution is -0.214. The summed E-state index contributed by atoms with van der Waals surface area (Å²) >= 11 is 0.991. The average Bonchev–Trinajstić information content (AvgIpc) is 2.34. The van der Waals surface area contributed by atoms with Crippen LogP contribution >= 0.6 is 11.3 Å². The van der Waals surface area contributed by atoms with Crippen molar-refractivity contribution >= 4 is 11.3 Å². The van der Waals surface area contributed by atoms with Gasteiger partial charge in [0, 0.05) is 13.3 Å². The second-order valence-corrected chi connectivity index (χ2v) is 3.71. The molecule has 0 aromatic carbocycles. The van der Waals surface area contributed by atoms with Crippen LogP contribution in [0, 0.1) is 6.92 Å². The fourth-order valence-corrected chi connectivity index (χ4v) is 1.80. The van der Waals surface area contributed by atoms with Gasteiger partial charge in [0.1, 0.15) is 0 Å². The third kappa shape index (κ3) is 2.41. The number of nitrogens with zero attached hydrogens (tertiary/aromatic N) is 1. The van der Waals surface area contributed by atoms with Crippen LogP contribution in [-0.2, 0) is 4.74 Å². The zero-order valence-corrected chi connectivity index (χ0v) is 7.87. The van der Waals surface area contributed by atoms with Crippen LogP contribution in [0.5, 0.6) is 0 Å². The lowest BCUT2D eigenvalue weighted by atomic mass is 10.3. The summed E-state index contributed by atoms with van der Waals surface area (Å²) in [6.07, 6.45) is -5.02. The molecule has 0 N–H and O–H groups in total. The van der Waals surface area contributed by atoms with Crippen LogP contribution < -0.4 is 0 Å². The van der Waals surface area contributed by atoms with Crippen LogP contribution in [0.1, 0.15) is 16.0 Å². The Labute approximate surface area is 77.4 Å². The number of hydrogen-bond donors (Lipinski definition) is 0. The Hall–Kier alpha value is -0.620. The number of aromatic nitrogens is 1. The molecule has 13 heavy (non-hydrogen) atoms. The molecule has 0 bridgehead atoms. The molecule has 0 aliphatic heterocycles. The van der Waals surface area contributed by atoms with Crippen LogP contribution in [0.2, 0.25) is 0 Å². The van der Waals surface area contributed by atoms with Crippen molar-refractivity contribution in [1.82, 2.24) is 4.98 Å². The summed E-state index contributed by atoms with van der Waals surface area (Å²) in [5.74, 6) is 0. The number of alkyl halides is 3. The standard InChI is InChI=1S/C7H8F3NOS/c1-4-11-3-5(13-4)6(12-2)7(8,9)10/h3,6H,1-2H3/t6-/m0/s1. The highest BCUT2D eigenvalue weighted by Crippen LogP contribution is 2.37. The summed E-state index contributed by atoms with van der Waals surface area (Å²) in [5, 5.41) is 0.598. The summed E-state index contributed by atoms with van der Waals surface area (Å²) in [4.78, 5) is 3.83. The molecule has 2 nitrogen and oxygen atoms in total. The fraction of sp³-hybridized carbons (Fsp3) is 0.571. The van der Waals surface area contributed by atoms with Gasteiger partial charge in [0.05, 0.1) is 9.88 Å². The first-order valence-corrected chi connectivity index (χ1v) is 4.28. The van der Waals surface area contributed by atoms with Gasteiger partial charge in [-0.2, -0.15) is 13.2 Å². The van der Waals surface area contributed by atoms with Gasteiger partial charge in [0.25, 0.3) is 0 Å². The van der Waals surface area contributed by atoms with Gasteiger partial charge in [0.2, 0.25) is 0 Å². The van der Waals surface area contributed by atoms with Gasteiger partial charge in [-0.05, 0) is 6.92 Å². The normalized spacial score (nSPS) is 14.5. The van der Waals surface area contributed by atoms with Gasteiger partial charge >= 0.3 is 6.18 Å². The van der Waals surface area contributed by atoms with Crippen LogP contribution in [0.3, 0.4) is 0 Å². The van der Waals surface area contributed by atoms with Crippen molar-refractivity contribution in [3.05, 3.63) is 16.1 Å². The molecule has 1 aromatic heterocycles. The minimum Gasteiger partial charge on any atom is -0.366 e. The molecule has 74 valence electrons. The smallest absolute Gasteiger partial charge is 0.366 e. The topological polar surface area (TPSA) is 22.1 Å². The third-order valence-corrected chi connectivity index (χ3v) is 2.39. The molecule has 0 amide bonds. The van der Waals surface area contributed by atoms with E-state index < -0.39 is 12.3 Å². The lowest BCUT2D eigenvalue weighted by Crippen LogP contribution is -2.21. The van der Waals surface area contributed by atoms with Crippen LogP contribution in [0.15, 0.2) is 6.20 Å². The van der Waals surface area contributed by atoms with Gasteiger partial charge in [0.15, 0.2) is 6.10 Å². The van der Waals surface area contributed by atoms with Crippen molar-refractivity contribution in [3.63, 3.8) is 0 Å². The van der Waals surface area contributed by atoms with E-state index in [0.717, 1.165) is 18.4 Å². The Balaban J connectivity index is 2.91. The summed E-state index contributed by atoms with van der Waals surface area (Å²) in [6.45, 7) is 1.65. The van der Waals surface area contributed by atoms with E-state index >= 15 is 0 Å². The van der Waals surface area contributed by atoms with Gasteiger partial charge in [-0.1, -0.05) is 0 Å². The van der Waals surface area contributed by atoms with Gasteiger partial charge in [-0.25, -0.2) is 4.98 Å². The van der Waals surface area contributed by atoms with Crippen molar-refractivity contribution in [2.75, 3.05) is 7.11 Å². The first-order valence-electron chi connectivity index (χ1n) is 3.47. The average molecular weight is 211 g/mol. The molecule has 0 aliphatic rings. The highest BCUT2D eigenvalue weighted by Gasteiger charge is 2.42. The molecule has 0 fully saturated rings. The van der Waals surface area contributed by atoms with E-state index in [4.69, 9.17) is 0 Å². The molecule has 1 aromatic rings. The number of thiazole rings is 1. The molecular weight excluding hydrogens is 203 g/mol. The van der Waals surface area contributed by atoms with E-state index in [1.807, 2.05) is 0 Å². The number of halogens is 3. The maximum atomic E-state index is 12.3. The Morgan fingerprint density at radius 2 is 2.15 bits per heavy atom. The Kier molecular flexibility index (Phi) is 2.92. The van der Waals surface area contributed by atoms with Gasteiger partial charge in [-0.3, -0.25) is 0 Å². The summed E-state index contributed by atoms with van der Waals surface area (Å²) in [6, 6.07) is 0. The predicted octanol–water partition coefficient (Wildman–Crippen LogP) is 2.70. The Morgan fingerprint density at radius 1 is 1.54 bits per heavy atom. The van der Waals surface area contributed by atoms with E-state index in [1.54, 1.807) is 6.92 Å². The molecule has 1 rings (SSSR count). The molecule has 0 radical (unpaired) electrons. The largest absolute Gasteiger partial charge is 0.419 e. The van der Waals surface area contributed by atoms with E-state index in [1.165, 1.54) is 6.20 Å². The van der Waals surface area contributed by atoms with E-state index in [9.17, 15) is 13.2 Å². The summed E-state index contributed by atoms with van der Waals surface area (Å²) in [5.41, 5.74) is 0. The first kappa shape index (κ1) is 10.5. The molecule has 6 heteroatoms. The van der Waals surface area contributed by atoms with Crippen LogP contribution in [0.4, 0.5) is 13.2 Å². The quantitative estimate of drug-likeness (QED) is 0.750. The number of rotatable bonds is 2. The highest BCUT2D eigenvalue weighted by molar-refractivity contribution is 7.11. The number of methoxy groups -OCH3 is 1. The monoisotopic (exact) mass is 211 g/mol. The molecule has 0 unspecified atom stereocenters. The number of ether oxygens (including phenoxy) is 1. The first-order chi connectivity index (χ1) is 5.95. The second-order valence-electron chi connectivity index (χ2n) is 2.44. The van der Waals surface area contributed by atoms with Gasteiger partial charge in [-0.15, -0.1) is 11.3 Å². The second kappa shape index (κ2) is 3.63. The fourth-order valence-electron chi connectivity index (χ4n) is 0.910. The summed E-state index contributed by atoms with van der Waals surface area (Å²) < 4.78 is 41.2. The van der Waals surface area contributed by atoms with Gasteiger partial charge < -0.3 is 4.74 Å². The van der Waals surface area contributed by atoms with E-state index in [2.05, 4.69) is 9.72 Å². The van der Waals surface area contributed by atoms with Crippen LogP contribution in [-0.4, -0.2) is 18.3 Å². The molecule has 0 saturated heterocycles. The molecule has 0 saturated carbocycles. The van der Waals surface area contributed by atoms with E-state index in [-0.39, 0.29) is 4.88 Å². The van der Waals surface area contributed by atoms with Crippen molar-refractivity contribution < 1.29 is 17.9 Å². The van der Waals surface area contributed by atoms with E-state index in [0.29, 0.717) is 5.01 Å². The SMILES string of the molecule is CO[C@@H](c1cnc(C)s1)C(F)(F)F. The molecular formula is C7H8F3NOS. The van der Waals surface area contributed by atoms with Crippen molar-refractivity contribution in [1.29, 1.82) is 0 Å².